The van der Waals surface area contributed by atoms with Gasteiger partial charge >= 0.3 is 0 Å². The molecule has 0 spiro atoms. The van der Waals surface area contributed by atoms with Crippen LogP contribution in [0.5, 0.6) is 5.75 Å². The average molecular weight is 458 g/mol. The van der Waals surface area contributed by atoms with E-state index < -0.39 is 7.82 Å². The summed E-state index contributed by atoms with van der Waals surface area (Å²) in [6.07, 6.45) is 7.21. The maximum absolute atomic E-state index is 8.55. The van der Waals surface area contributed by atoms with Crippen molar-refractivity contribution >= 4 is 30.8 Å². The van der Waals surface area contributed by atoms with Crippen LogP contribution in [0.1, 0.15) is 0 Å². The van der Waals surface area contributed by atoms with Crippen molar-refractivity contribution in [2.75, 3.05) is 11.9 Å². The summed E-state index contributed by atoms with van der Waals surface area (Å²) in [5.41, 5.74) is 1.79. The Kier molecular flexibility index (Phi) is 7.88. The lowest BCUT2D eigenvalue weighted by molar-refractivity contribution is -0.432. The molecule has 0 bridgehead atoms. The number of ether oxygens (including phenoxy) is 1. The summed E-state index contributed by atoms with van der Waals surface area (Å²) in [6, 6.07) is 13.7. The molecule has 12 heteroatoms. The molecule has 0 fully saturated rings. The first-order valence-corrected chi connectivity index (χ1v) is 11.3. The van der Waals surface area contributed by atoms with Gasteiger partial charge in [-0.2, -0.15) is 7.82 Å². The van der Waals surface area contributed by atoms with Gasteiger partial charge < -0.3 is 33.9 Å². The third kappa shape index (κ3) is 8.28. The van der Waals surface area contributed by atoms with Crippen molar-refractivity contribution in [3.8, 4) is 16.3 Å². The first kappa shape index (κ1) is 22.6. The Labute approximate surface area is 182 Å². The monoisotopic (exact) mass is 458 g/mol. The van der Waals surface area contributed by atoms with Crippen molar-refractivity contribution in [3.63, 3.8) is 0 Å². The fraction of sp³-hybridized carbons (Fsp3) is 0.105. The number of benzene rings is 1. The number of rotatable bonds is 7. The summed E-state index contributed by atoms with van der Waals surface area (Å²) in [7, 11) is -5.39. The highest BCUT2D eigenvalue weighted by atomic mass is 32.1. The second kappa shape index (κ2) is 10.8. The van der Waals surface area contributed by atoms with Crippen molar-refractivity contribution < 1.29 is 24.0 Å². The van der Waals surface area contributed by atoms with Crippen LogP contribution in [0.3, 0.4) is 0 Å². The molecule has 3 aromatic heterocycles. The lowest BCUT2D eigenvalue weighted by Crippen LogP contribution is -2.24. The van der Waals surface area contributed by atoms with E-state index in [4.69, 9.17) is 24.0 Å². The van der Waals surface area contributed by atoms with Gasteiger partial charge in [0.2, 0.25) is 5.95 Å². The van der Waals surface area contributed by atoms with Crippen LogP contribution in [0.15, 0.2) is 72.8 Å². The maximum Gasteiger partial charge on any atom is 0.227 e. The SMILES string of the molecule is O=P([O-])([O-])[O-].c1cc(Nc2nccc(-c3cccs3)n2)cc(OCCn2ccnc2)c1. The topological polar surface area (TPSA) is 151 Å². The number of nitrogens with one attached hydrogen (secondary N) is 1. The van der Waals surface area contributed by atoms with Crippen molar-refractivity contribution in [2.24, 2.45) is 0 Å². The average Bonchev–Trinajstić information content (AvgIpc) is 3.42. The van der Waals surface area contributed by atoms with Crippen molar-refractivity contribution in [3.05, 3.63) is 72.8 Å². The standard InChI is InChI=1S/C19H17N5OS.H3O4P/c1-3-15(13-16(4-1)25-11-10-24-9-8-20-14-24)22-19-21-7-6-17(23-19)18-5-2-12-26-18;1-5(2,3)4/h1-9,12-14H,10-11H2,(H,21,22,23);(H3,1,2,3,4)/p-3. The molecular weight excluding hydrogens is 441 g/mol. The van der Waals surface area contributed by atoms with E-state index in [2.05, 4.69) is 20.3 Å². The molecule has 0 atom stereocenters. The van der Waals surface area contributed by atoms with Crippen LogP contribution in [-0.4, -0.2) is 26.1 Å². The van der Waals surface area contributed by atoms with Crippen LogP contribution in [0, 0.1) is 0 Å². The van der Waals surface area contributed by atoms with Gasteiger partial charge in [0.25, 0.3) is 0 Å². The van der Waals surface area contributed by atoms with Gasteiger partial charge in [-0.1, -0.05) is 12.1 Å². The number of hydrogen-bond acceptors (Lipinski definition) is 10. The van der Waals surface area contributed by atoms with Crippen LogP contribution in [0.2, 0.25) is 0 Å². The molecule has 0 radical (unpaired) electrons. The molecule has 1 aromatic carbocycles. The zero-order valence-corrected chi connectivity index (χ0v) is 17.7. The molecule has 0 aliphatic heterocycles. The predicted octanol–water partition coefficient (Wildman–Crippen LogP) is 1.40. The molecule has 4 rings (SSSR count). The molecule has 10 nitrogen and oxygen atoms in total. The van der Waals surface area contributed by atoms with Crippen molar-refractivity contribution in [1.82, 2.24) is 19.5 Å². The quantitative estimate of drug-likeness (QED) is 0.405. The minimum Gasteiger partial charge on any atom is -0.822 e. The summed E-state index contributed by atoms with van der Waals surface area (Å²) >= 11 is 1.66. The molecule has 3 heterocycles. The highest BCUT2D eigenvalue weighted by molar-refractivity contribution is 7.40. The van der Waals surface area contributed by atoms with E-state index in [1.165, 1.54) is 0 Å². The van der Waals surface area contributed by atoms with Gasteiger partial charge in [0.1, 0.15) is 12.4 Å². The van der Waals surface area contributed by atoms with E-state index in [9.17, 15) is 0 Å². The first-order chi connectivity index (χ1) is 14.9. The lowest BCUT2D eigenvalue weighted by Gasteiger charge is -2.36. The number of aromatic nitrogens is 4. The van der Waals surface area contributed by atoms with Gasteiger partial charge in [0, 0.05) is 30.3 Å². The number of anilines is 2. The molecular formula is C19H17N5O5PS-3. The van der Waals surface area contributed by atoms with E-state index in [0.717, 1.165) is 28.6 Å². The van der Waals surface area contributed by atoms with Gasteiger partial charge in [-0.25, -0.2) is 15.0 Å². The molecule has 31 heavy (non-hydrogen) atoms. The zero-order valence-electron chi connectivity index (χ0n) is 16.0. The third-order valence-corrected chi connectivity index (χ3v) is 4.59. The van der Waals surface area contributed by atoms with E-state index >= 15 is 0 Å². The summed E-state index contributed by atoms with van der Waals surface area (Å²) in [4.78, 5) is 39.7. The highest BCUT2D eigenvalue weighted by Crippen LogP contribution is 2.24. The Morgan fingerprint density at radius 1 is 1.13 bits per heavy atom. The lowest BCUT2D eigenvalue weighted by atomic mass is 10.3. The maximum atomic E-state index is 8.55. The van der Waals surface area contributed by atoms with E-state index in [0.29, 0.717) is 12.6 Å². The summed E-state index contributed by atoms with van der Waals surface area (Å²) in [5, 5.41) is 5.27. The van der Waals surface area contributed by atoms with E-state index in [-0.39, 0.29) is 0 Å². The minimum atomic E-state index is -5.39. The predicted molar refractivity (Wildman–Crippen MR) is 110 cm³/mol. The van der Waals surface area contributed by atoms with Crippen molar-refractivity contribution in [1.29, 1.82) is 0 Å². The summed E-state index contributed by atoms with van der Waals surface area (Å²) in [5.74, 6) is 1.36. The third-order valence-electron chi connectivity index (χ3n) is 3.70. The number of phosphoric acid groups is 1. The van der Waals surface area contributed by atoms with Crippen LogP contribution in [-0.2, 0) is 11.1 Å². The molecule has 0 aliphatic rings. The smallest absolute Gasteiger partial charge is 0.227 e. The van der Waals surface area contributed by atoms with Crippen LogP contribution < -0.4 is 24.7 Å². The van der Waals surface area contributed by atoms with Crippen LogP contribution in [0.25, 0.3) is 10.6 Å². The summed E-state index contributed by atoms with van der Waals surface area (Å²) in [6.45, 7) is 1.33. The Morgan fingerprint density at radius 2 is 1.97 bits per heavy atom. The molecule has 0 amide bonds. The molecule has 0 saturated heterocycles. The molecule has 162 valence electrons. The van der Waals surface area contributed by atoms with E-state index in [1.807, 2.05) is 58.6 Å². The number of nitrogens with zero attached hydrogens (tertiary/aromatic N) is 4. The van der Waals surface area contributed by atoms with Crippen molar-refractivity contribution in [2.45, 2.75) is 6.54 Å². The largest absolute Gasteiger partial charge is 0.822 e. The van der Waals surface area contributed by atoms with Gasteiger partial charge in [0.05, 0.1) is 23.4 Å². The summed E-state index contributed by atoms with van der Waals surface area (Å²) < 4.78 is 16.3. The van der Waals surface area contributed by atoms with Gasteiger partial charge in [-0.15, -0.1) is 11.3 Å². The fourth-order valence-electron chi connectivity index (χ4n) is 2.46. The highest BCUT2D eigenvalue weighted by Gasteiger charge is 2.04. The number of hydrogen-bond donors (Lipinski definition) is 1. The van der Waals surface area contributed by atoms with Crippen LogP contribution >= 0.6 is 19.2 Å². The molecule has 4 aromatic rings. The van der Waals surface area contributed by atoms with Gasteiger partial charge in [0.15, 0.2) is 0 Å². The minimum absolute atomic E-state index is 0.562. The Balaban J connectivity index is 0.000000491. The number of thiophene rings is 1. The molecule has 0 aliphatic carbocycles. The molecule has 0 unspecified atom stereocenters. The normalized spacial score (nSPS) is 10.8. The van der Waals surface area contributed by atoms with Gasteiger partial charge in [-0.05, 0) is 29.6 Å². The molecule has 0 saturated carbocycles. The number of imidazole rings is 1. The Bertz CT molecular complexity index is 1110. The van der Waals surface area contributed by atoms with E-state index in [1.54, 1.807) is 30.1 Å². The zero-order chi connectivity index (χ0) is 22.1. The second-order valence-corrected chi connectivity index (χ2v) is 7.83. The van der Waals surface area contributed by atoms with Crippen LogP contribution in [0.4, 0.5) is 11.6 Å². The Morgan fingerprint density at radius 3 is 2.68 bits per heavy atom. The molecule has 1 N–H and O–H groups in total. The second-order valence-electron chi connectivity index (χ2n) is 5.99. The fourth-order valence-corrected chi connectivity index (χ4v) is 3.16. The van der Waals surface area contributed by atoms with Gasteiger partial charge in [-0.3, -0.25) is 0 Å². The Hall–Kier alpha value is -3.08. The first-order valence-electron chi connectivity index (χ1n) is 8.92.